The second kappa shape index (κ2) is 8.09. The van der Waals surface area contributed by atoms with E-state index in [1.165, 1.54) is 0 Å². The van der Waals surface area contributed by atoms with Gasteiger partial charge in [0.15, 0.2) is 0 Å². The van der Waals surface area contributed by atoms with Crippen molar-refractivity contribution < 1.29 is 9.53 Å². The van der Waals surface area contributed by atoms with E-state index in [0.29, 0.717) is 13.0 Å². The van der Waals surface area contributed by atoms with Crippen LogP contribution in [-0.2, 0) is 17.6 Å². The second-order valence-electron chi connectivity index (χ2n) is 4.87. The van der Waals surface area contributed by atoms with E-state index in [0.717, 1.165) is 36.1 Å². The van der Waals surface area contributed by atoms with E-state index >= 15 is 0 Å². The minimum absolute atomic E-state index is 0.0911. The van der Waals surface area contributed by atoms with Crippen molar-refractivity contribution >= 4 is 5.91 Å². The third kappa shape index (κ3) is 4.95. The number of carbonyl (C=O) groups excluding carboxylic acids is 1. The van der Waals surface area contributed by atoms with Gasteiger partial charge in [-0.3, -0.25) is 9.89 Å². The lowest BCUT2D eigenvalue weighted by atomic mass is 10.1. The summed E-state index contributed by atoms with van der Waals surface area (Å²) in [5.41, 5.74) is 2.25. The smallest absolute Gasteiger partial charge is 0.220 e. The molecule has 21 heavy (non-hydrogen) atoms. The molecule has 1 amide bonds. The van der Waals surface area contributed by atoms with Crippen LogP contribution < -0.4 is 10.1 Å². The van der Waals surface area contributed by atoms with Crippen LogP contribution in [0.25, 0.3) is 0 Å². The fraction of sp³-hybridized carbons (Fsp3) is 0.375. The molecule has 0 unspecified atom stereocenters. The van der Waals surface area contributed by atoms with Crippen molar-refractivity contribution in [2.75, 3.05) is 13.7 Å². The number of aromatic amines is 1. The summed E-state index contributed by atoms with van der Waals surface area (Å²) in [6.07, 6.45) is 6.67. The third-order valence-electron chi connectivity index (χ3n) is 3.33. The molecule has 0 bridgehead atoms. The summed E-state index contributed by atoms with van der Waals surface area (Å²) >= 11 is 0. The molecule has 1 heterocycles. The van der Waals surface area contributed by atoms with E-state index in [1.807, 2.05) is 30.5 Å². The summed E-state index contributed by atoms with van der Waals surface area (Å²) in [6.45, 7) is 0.630. The van der Waals surface area contributed by atoms with Gasteiger partial charge in [0.1, 0.15) is 5.75 Å². The highest BCUT2D eigenvalue weighted by Gasteiger charge is 2.04. The summed E-state index contributed by atoms with van der Waals surface area (Å²) in [5.74, 6) is 0.958. The van der Waals surface area contributed by atoms with Crippen LogP contribution in [0.15, 0.2) is 36.7 Å². The van der Waals surface area contributed by atoms with Crippen LogP contribution in [0.3, 0.4) is 0 Å². The number of amides is 1. The van der Waals surface area contributed by atoms with Gasteiger partial charge in [-0.15, -0.1) is 0 Å². The lowest BCUT2D eigenvalue weighted by Crippen LogP contribution is -2.25. The van der Waals surface area contributed by atoms with Gasteiger partial charge in [-0.25, -0.2) is 0 Å². The number of rotatable bonds is 8. The van der Waals surface area contributed by atoms with E-state index < -0.39 is 0 Å². The normalized spacial score (nSPS) is 10.3. The van der Waals surface area contributed by atoms with Crippen LogP contribution in [0, 0.1) is 0 Å². The van der Waals surface area contributed by atoms with Gasteiger partial charge in [0.25, 0.3) is 0 Å². The lowest BCUT2D eigenvalue weighted by molar-refractivity contribution is -0.121. The van der Waals surface area contributed by atoms with Crippen LogP contribution in [0.4, 0.5) is 0 Å². The molecule has 0 radical (unpaired) electrons. The molecule has 0 aliphatic heterocycles. The minimum atomic E-state index is 0.0911. The van der Waals surface area contributed by atoms with Gasteiger partial charge in [-0.05, 0) is 36.5 Å². The fourth-order valence-electron chi connectivity index (χ4n) is 2.20. The molecular formula is C16H21N3O2. The quantitative estimate of drug-likeness (QED) is 0.781. The molecule has 0 atom stereocenters. The summed E-state index contributed by atoms with van der Waals surface area (Å²) in [6, 6.07) is 7.87. The maximum absolute atomic E-state index is 11.8. The Labute approximate surface area is 124 Å². The summed E-state index contributed by atoms with van der Waals surface area (Å²) in [4.78, 5) is 11.8. The van der Waals surface area contributed by atoms with Gasteiger partial charge in [0, 0.05) is 19.2 Å². The summed E-state index contributed by atoms with van der Waals surface area (Å²) < 4.78 is 5.29. The van der Waals surface area contributed by atoms with Gasteiger partial charge in [-0.1, -0.05) is 18.2 Å². The maximum atomic E-state index is 11.8. The Balaban J connectivity index is 1.65. The van der Waals surface area contributed by atoms with Crippen molar-refractivity contribution in [3.8, 4) is 5.75 Å². The Hall–Kier alpha value is -2.30. The molecule has 112 valence electrons. The number of nitrogens with zero attached hydrogens (tertiary/aromatic N) is 1. The number of aryl methyl sites for hydroxylation is 1. The van der Waals surface area contributed by atoms with E-state index in [9.17, 15) is 4.79 Å². The summed E-state index contributed by atoms with van der Waals surface area (Å²) in [7, 11) is 1.66. The standard InChI is InChI=1S/C16H21N3O2/c1-21-15-7-3-2-6-14(15)9-10-17-16(20)8-4-5-13-11-18-19-12-13/h2-3,6-7,11-12H,4-5,8-10H2,1H3,(H,17,20)(H,18,19). The number of hydrogen-bond acceptors (Lipinski definition) is 3. The molecule has 2 N–H and O–H groups in total. The molecule has 1 aromatic heterocycles. The molecule has 0 aliphatic rings. The Morgan fingerprint density at radius 2 is 2.19 bits per heavy atom. The van der Waals surface area contributed by atoms with Crippen LogP contribution in [0.1, 0.15) is 24.0 Å². The topological polar surface area (TPSA) is 67.0 Å². The average Bonchev–Trinajstić information content (AvgIpc) is 3.01. The van der Waals surface area contributed by atoms with E-state index in [1.54, 1.807) is 13.3 Å². The number of carbonyl (C=O) groups is 1. The van der Waals surface area contributed by atoms with E-state index in [2.05, 4.69) is 15.5 Å². The first-order valence-corrected chi connectivity index (χ1v) is 7.16. The fourth-order valence-corrected chi connectivity index (χ4v) is 2.20. The van der Waals surface area contributed by atoms with E-state index in [-0.39, 0.29) is 5.91 Å². The highest BCUT2D eigenvalue weighted by Crippen LogP contribution is 2.17. The predicted octanol–water partition coefficient (Wildman–Crippen LogP) is 2.10. The van der Waals surface area contributed by atoms with Crippen molar-refractivity contribution in [3.05, 3.63) is 47.8 Å². The number of para-hydroxylation sites is 1. The SMILES string of the molecule is COc1ccccc1CCNC(=O)CCCc1cn[nH]c1. The first-order valence-electron chi connectivity index (χ1n) is 7.16. The van der Waals surface area contributed by atoms with Gasteiger partial charge in [0.2, 0.25) is 5.91 Å². The van der Waals surface area contributed by atoms with Gasteiger partial charge >= 0.3 is 0 Å². The van der Waals surface area contributed by atoms with E-state index in [4.69, 9.17) is 4.74 Å². The van der Waals surface area contributed by atoms with Crippen LogP contribution >= 0.6 is 0 Å². The number of aromatic nitrogens is 2. The molecular weight excluding hydrogens is 266 g/mol. The number of methoxy groups -OCH3 is 1. The highest BCUT2D eigenvalue weighted by molar-refractivity contribution is 5.75. The molecule has 0 aliphatic carbocycles. The molecule has 5 nitrogen and oxygen atoms in total. The molecule has 0 spiro atoms. The van der Waals surface area contributed by atoms with Crippen molar-refractivity contribution in [1.29, 1.82) is 0 Å². The predicted molar refractivity (Wildman–Crippen MR) is 81.2 cm³/mol. The Morgan fingerprint density at radius 1 is 1.33 bits per heavy atom. The Bertz CT molecular complexity index is 552. The molecule has 5 heteroatoms. The average molecular weight is 287 g/mol. The molecule has 1 aromatic carbocycles. The second-order valence-corrected chi connectivity index (χ2v) is 4.87. The zero-order valence-corrected chi connectivity index (χ0v) is 12.3. The monoisotopic (exact) mass is 287 g/mol. The number of H-pyrrole nitrogens is 1. The Morgan fingerprint density at radius 3 is 2.95 bits per heavy atom. The molecule has 2 aromatic rings. The zero-order chi connectivity index (χ0) is 14.9. The number of ether oxygens (including phenoxy) is 1. The van der Waals surface area contributed by atoms with Crippen molar-refractivity contribution in [3.63, 3.8) is 0 Å². The summed E-state index contributed by atoms with van der Waals surface area (Å²) in [5, 5.41) is 9.60. The highest BCUT2D eigenvalue weighted by atomic mass is 16.5. The van der Waals surface area contributed by atoms with Gasteiger partial charge in [-0.2, -0.15) is 5.10 Å². The van der Waals surface area contributed by atoms with Crippen molar-refractivity contribution in [2.24, 2.45) is 0 Å². The van der Waals surface area contributed by atoms with Crippen LogP contribution in [0.5, 0.6) is 5.75 Å². The zero-order valence-electron chi connectivity index (χ0n) is 12.3. The van der Waals surface area contributed by atoms with Crippen molar-refractivity contribution in [2.45, 2.75) is 25.7 Å². The first-order chi connectivity index (χ1) is 10.3. The van der Waals surface area contributed by atoms with Gasteiger partial charge in [0.05, 0.1) is 13.3 Å². The Kier molecular flexibility index (Phi) is 5.82. The van der Waals surface area contributed by atoms with Crippen LogP contribution in [0.2, 0.25) is 0 Å². The minimum Gasteiger partial charge on any atom is -0.496 e. The molecule has 0 saturated heterocycles. The van der Waals surface area contributed by atoms with Gasteiger partial charge < -0.3 is 10.1 Å². The number of benzene rings is 1. The third-order valence-corrected chi connectivity index (χ3v) is 3.33. The molecule has 0 fully saturated rings. The maximum Gasteiger partial charge on any atom is 0.220 e. The van der Waals surface area contributed by atoms with Crippen LogP contribution in [-0.4, -0.2) is 29.8 Å². The number of hydrogen-bond donors (Lipinski definition) is 2. The molecule has 2 rings (SSSR count). The number of nitrogens with one attached hydrogen (secondary N) is 2. The van der Waals surface area contributed by atoms with Crippen molar-refractivity contribution in [1.82, 2.24) is 15.5 Å². The molecule has 0 saturated carbocycles. The largest absolute Gasteiger partial charge is 0.496 e. The first kappa shape index (κ1) is 15.1. The lowest BCUT2D eigenvalue weighted by Gasteiger charge is -2.09.